The second-order valence-electron chi connectivity index (χ2n) is 7.06. The van der Waals surface area contributed by atoms with Gasteiger partial charge in [-0.05, 0) is 56.0 Å². The molecule has 0 saturated heterocycles. The number of carbonyl (C=O) groups excluding carboxylic acids is 2. The van der Waals surface area contributed by atoms with Crippen molar-refractivity contribution in [1.82, 2.24) is 5.32 Å². The molecular weight excluding hydrogens is 326 g/mol. The lowest BCUT2D eigenvalue weighted by Crippen LogP contribution is -2.40. The zero-order chi connectivity index (χ0) is 18.1. The lowest BCUT2D eigenvalue weighted by Gasteiger charge is -2.23. The van der Waals surface area contributed by atoms with E-state index in [0.29, 0.717) is 18.2 Å². The van der Waals surface area contributed by atoms with E-state index in [9.17, 15) is 9.59 Å². The SMILES string of the molecule is C[C@H](Nc1cccc(C(=O)NC2CC2)c1)C(=O)N1CCc2ccccc21. The molecule has 4 rings (SSSR count). The Hall–Kier alpha value is -2.82. The number of nitrogens with zero attached hydrogens (tertiary/aromatic N) is 1. The molecule has 2 aromatic carbocycles. The van der Waals surface area contributed by atoms with E-state index < -0.39 is 0 Å². The van der Waals surface area contributed by atoms with Crippen molar-refractivity contribution < 1.29 is 9.59 Å². The summed E-state index contributed by atoms with van der Waals surface area (Å²) in [6.07, 6.45) is 3.02. The van der Waals surface area contributed by atoms with Crippen LogP contribution in [0.15, 0.2) is 48.5 Å². The first-order valence-corrected chi connectivity index (χ1v) is 9.18. The molecule has 0 aromatic heterocycles. The topological polar surface area (TPSA) is 61.4 Å². The summed E-state index contributed by atoms with van der Waals surface area (Å²) in [5, 5.41) is 6.23. The van der Waals surface area contributed by atoms with Gasteiger partial charge in [0.2, 0.25) is 5.91 Å². The maximum absolute atomic E-state index is 12.9. The Morgan fingerprint density at radius 3 is 2.73 bits per heavy atom. The second-order valence-corrected chi connectivity index (χ2v) is 7.06. The van der Waals surface area contributed by atoms with Gasteiger partial charge in [0.1, 0.15) is 6.04 Å². The third-order valence-corrected chi connectivity index (χ3v) is 4.94. The van der Waals surface area contributed by atoms with Gasteiger partial charge in [-0.15, -0.1) is 0 Å². The molecule has 0 radical (unpaired) electrons. The molecule has 1 aliphatic carbocycles. The Morgan fingerprint density at radius 2 is 1.92 bits per heavy atom. The molecule has 0 bridgehead atoms. The van der Waals surface area contributed by atoms with Gasteiger partial charge in [-0.1, -0.05) is 24.3 Å². The van der Waals surface area contributed by atoms with Crippen LogP contribution < -0.4 is 15.5 Å². The number of hydrogen-bond acceptors (Lipinski definition) is 3. The molecule has 1 aliphatic heterocycles. The molecule has 134 valence electrons. The molecule has 1 atom stereocenters. The number of benzene rings is 2. The van der Waals surface area contributed by atoms with Crippen LogP contribution in [0.2, 0.25) is 0 Å². The Balaban J connectivity index is 1.44. The maximum Gasteiger partial charge on any atom is 0.251 e. The van der Waals surface area contributed by atoms with Gasteiger partial charge >= 0.3 is 0 Å². The van der Waals surface area contributed by atoms with Crippen molar-refractivity contribution in [3.63, 3.8) is 0 Å². The second kappa shape index (κ2) is 6.83. The summed E-state index contributed by atoms with van der Waals surface area (Å²) in [5.74, 6) is -0.00798. The first-order chi connectivity index (χ1) is 12.6. The molecule has 1 saturated carbocycles. The zero-order valence-electron chi connectivity index (χ0n) is 14.9. The lowest BCUT2D eigenvalue weighted by atomic mass is 10.1. The fraction of sp³-hybridized carbons (Fsp3) is 0.333. The molecule has 2 aliphatic rings. The Labute approximate surface area is 153 Å². The highest BCUT2D eigenvalue weighted by Crippen LogP contribution is 2.28. The average molecular weight is 349 g/mol. The van der Waals surface area contributed by atoms with Crippen LogP contribution in [0.4, 0.5) is 11.4 Å². The number of para-hydroxylation sites is 1. The van der Waals surface area contributed by atoms with Crippen molar-refractivity contribution in [3.05, 3.63) is 59.7 Å². The summed E-state index contributed by atoms with van der Waals surface area (Å²) >= 11 is 0. The molecular formula is C21H23N3O2. The van der Waals surface area contributed by atoms with E-state index in [1.165, 1.54) is 5.56 Å². The Kier molecular flexibility index (Phi) is 4.37. The summed E-state index contributed by atoms with van der Waals surface area (Å²) in [5.41, 5.74) is 3.62. The first-order valence-electron chi connectivity index (χ1n) is 9.18. The summed E-state index contributed by atoms with van der Waals surface area (Å²) in [6, 6.07) is 15.3. The van der Waals surface area contributed by atoms with E-state index in [2.05, 4.69) is 16.7 Å². The molecule has 0 unspecified atom stereocenters. The zero-order valence-corrected chi connectivity index (χ0v) is 14.9. The molecule has 1 heterocycles. The van der Waals surface area contributed by atoms with Gasteiger partial charge in [-0.25, -0.2) is 0 Å². The molecule has 5 nitrogen and oxygen atoms in total. The minimum Gasteiger partial charge on any atom is -0.374 e. The molecule has 5 heteroatoms. The molecule has 2 N–H and O–H groups in total. The Bertz CT molecular complexity index is 845. The largest absolute Gasteiger partial charge is 0.374 e. The monoisotopic (exact) mass is 349 g/mol. The highest BCUT2D eigenvalue weighted by Gasteiger charge is 2.28. The quantitative estimate of drug-likeness (QED) is 0.872. The van der Waals surface area contributed by atoms with Gasteiger partial charge < -0.3 is 15.5 Å². The minimum absolute atomic E-state index is 0.0442. The third-order valence-electron chi connectivity index (χ3n) is 4.94. The van der Waals surface area contributed by atoms with E-state index in [1.54, 1.807) is 12.1 Å². The average Bonchev–Trinajstić information content (AvgIpc) is 3.36. The van der Waals surface area contributed by atoms with Gasteiger partial charge in [0.05, 0.1) is 0 Å². The third kappa shape index (κ3) is 3.43. The minimum atomic E-state index is -0.372. The van der Waals surface area contributed by atoms with E-state index in [0.717, 1.165) is 30.6 Å². The summed E-state index contributed by atoms with van der Waals surface area (Å²) in [7, 11) is 0. The summed E-state index contributed by atoms with van der Waals surface area (Å²) < 4.78 is 0. The van der Waals surface area contributed by atoms with Crippen LogP contribution in [0.25, 0.3) is 0 Å². The first kappa shape index (κ1) is 16.6. The van der Waals surface area contributed by atoms with Gasteiger partial charge in [0.15, 0.2) is 0 Å². The number of anilines is 2. The fourth-order valence-electron chi connectivity index (χ4n) is 3.36. The molecule has 1 fully saturated rings. The van der Waals surface area contributed by atoms with Crippen LogP contribution >= 0.6 is 0 Å². The fourth-order valence-corrected chi connectivity index (χ4v) is 3.36. The number of hydrogen-bond donors (Lipinski definition) is 2. The van der Waals surface area contributed by atoms with Crippen molar-refractivity contribution in [2.24, 2.45) is 0 Å². The van der Waals surface area contributed by atoms with Crippen LogP contribution in [0.5, 0.6) is 0 Å². The van der Waals surface area contributed by atoms with Crippen molar-refractivity contribution in [2.75, 3.05) is 16.8 Å². The predicted molar refractivity (Wildman–Crippen MR) is 103 cm³/mol. The van der Waals surface area contributed by atoms with Gasteiger partial charge in [-0.2, -0.15) is 0 Å². The van der Waals surface area contributed by atoms with E-state index in [1.807, 2.05) is 42.2 Å². The summed E-state index contributed by atoms with van der Waals surface area (Å²) in [4.78, 5) is 26.9. The van der Waals surface area contributed by atoms with Crippen LogP contribution in [0.3, 0.4) is 0 Å². The maximum atomic E-state index is 12.9. The highest BCUT2D eigenvalue weighted by atomic mass is 16.2. The normalized spacial score (nSPS) is 16.7. The van der Waals surface area contributed by atoms with Gasteiger partial charge in [0, 0.05) is 29.5 Å². The van der Waals surface area contributed by atoms with Gasteiger partial charge in [-0.3, -0.25) is 9.59 Å². The highest BCUT2D eigenvalue weighted by molar-refractivity contribution is 6.00. The molecule has 2 amide bonds. The van der Waals surface area contributed by atoms with E-state index >= 15 is 0 Å². The van der Waals surface area contributed by atoms with Gasteiger partial charge in [0.25, 0.3) is 5.91 Å². The Morgan fingerprint density at radius 1 is 1.12 bits per heavy atom. The van der Waals surface area contributed by atoms with Crippen molar-refractivity contribution in [2.45, 2.75) is 38.3 Å². The predicted octanol–water partition coefficient (Wildman–Crippen LogP) is 2.97. The van der Waals surface area contributed by atoms with Crippen molar-refractivity contribution in [3.8, 4) is 0 Å². The van der Waals surface area contributed by atoms with Crippen LogP contribution in [0, 0.1) is 0 Å². The van der Waals surface area contributed by atoms with Crippen LogP contribution in [-0.4, -0.2) is 30.4 Å². The number of amides is 2. The van der Waals surface area contributed by atoms with Crippen LogP contribution in [-0.2, 0) is 11.2 Å². The van der Waals surface area contributed by atoms with Crippen molar-refractivity contribution >= 4 is 23.2 Å². The number of fused-ring (bicyclic) bond motifs is 1. The van der Waals surface area contributed by atoms with E-state index in [-0.39, 0.29) is 17.9 Å². The molecule has 2 aromatic rings. The molecule has 26 heavy (non-hydrogen) atoms. The smallest absolute Gasteiger partial charge is 0.251 e. The van der Waals surface area contributed by atoms with E-state index in [4.69, 9.17) is 0 Å². The van der Waals surface area contributed by atoms with Crippen LogP contribution in [0.1, 0.15) is 35.7 Å². The number of nitrogens with one attached hydrogen (secondary N) is 2. The number of rotatable bonds is 5. The lowest BCUT2D eigenvalue weighted by molar-refractivity contribution is -0.118. The summed E-state index contributed by atoms with van der Waals surface area (Å²) in [6.45, 7) is 2.58. The molecule has 0 spiro atoms. The van der Waals surface area contributed by atoms with Crippen molar-refractivity contribution in [1.29, 1.82) is 0 Å². The number of carbonyl (C=O) groups is 2. The standard InChI is InChI=1S/C21H23N3O2/c1-14(21(26)24-12-11-15-5-2-3-8-19(15)24)22-18-7-4-6-16(13-18)20(25)23-17-9-10-17/h2-8,13-14,17,22H,9-12H2,1H3,(H,23,25)/t14-/m0/s1.